The van der Waals surface area contributed by atoms with Crippen LogP contribution in [0.25, 0.3) is 0 Å². The second-order valence-corrected chi connectivity index (χ2v) is 4.25. The van der Waals surface area contributed by atoms with Crippen molar-refractivity contribution in [1.82, 2.24) is 9.97 Å². The number of carbonyl (C=O) groups excluding carboxylic acids is 1. The molecule has 0 saturated heterocycles. The van der Waals surface area contributed by atoms with Crippen molar-refractivity contribution in [2.24, 2.45) is 0 Å². The summed E-state index contributed by atoms with van der Waals surface area (Å²) < 4.78 is 0. The topological polar surface area (TPSA) is 42.9 Å². The molecule has 15 heavy (non-hydrogen) atoms. The highest BCUT2D eigenvalue weighted by Gasteiger charge is 1.95. The first kappa shape index (κ1) is 12.0. The highest BCUT2D eigenvalue weighted by Crippen LogP contribution is 2.08. The Morgan fingerprint density at radius 3 is 3.13 bits per heavy atom. The van der Waals surface area contributed by atoms with E-state index in [4.69, 9.17) is 11.6 Å². The summed E-state index contributed by atoms with van der Waals surface area (Å²) in [4.78, 5) is 18.2. The van der Waals surface area contributed by atoms with E-state index in [1.807, 2.05) is 0 Å². The predicted octanol–water partition coefficient (Wildman–Crippen LogP) is 2.15. The number of aromatic nitrogens is 2. The second kappa shape index (κ2) is 6.44. The molecule has 0 radical (unpaired) electrons. The molecule has 3 nitrogen and oxygen atoms in total. The molecule has 0 atom stereocenters. The van der Waals surface area contributed by atoms with Gasteiger partial charge in [0.05, 0.1) is 5.56 Å². The van der Waals surface area contributed by atoms with Crippen LogP contribution >= 0.6 is 23.4 Å². The minimum atomic E-state index is 0.109. The largest absolute Gasteiger partial charge is 0.288 e. The van der Waals surface area contributed by atoms with Crippen molar-refractivity contribution in [2.75, 3.05) is 5.75 Å². The third-order valence-corrected chi connectivity index (χ3v) is 2.54. The Morgan fingerprint density at radius 1 is 1.67 bits per heavy atom. The van der Waals surface area contributed by atoms with Crippen LogP contribution in [0, 0.1) is 11.8 Å². The lowest BCUT2D eigenvalue weighted by atomic mass is 10.3. The van der Waals surface area contributed by atoms with E-state index >= 15 is 0 Å². The van der Waals surface area contributed by atoms with Gasteiger partial charge in [-0.3, -0.25) is 4.79 Å². The monoisotopic (exact) mass is 240 g/mol. The third kappa shape index (κ3) is 4.82. The van der Waals surface area contributed by atoms with E-state index in [0.717, 1.165) is 0 Å². The molecule has 0 bridgehead atoms. The molecular weight excluding hydrogens is 232 g/mol. The molecule has 0 aliphatic rings. The van der Waals surface area contributed by atoms with Crippen LogP contribution in [-0.2, 0) is 4.79 Å². The Hall–Kier alpha value is -1.05. The van der Waals surface area contributed by atoms with Crippen molar-refractivity contribution in [2.45, 2.75) is 13.3 Å². The number of halogens is 1. The molecule has 0 aromatic carbocycles. The molecule has 1 rings (SSSR count). The van der Waals surface area contributed by atoms with E-state index in [0.29, 0.717) is 22.9 Å². The molecule has 0 spiro atoms. The summed E-state index contributed by atoms with van der Waals surface area (Å²) in [5, 5.41) is 0.467. The van der Waals surface area contributed by atoms with Crippen LogP contribution in [0.4, 0.5) is 0 Å². The summed E-state index contributed by atoms with van der Waals surface area (Å²) in [5.41, 5.74) is 0.618. The minimum absolute atomic E-state index is 0.109. The number of rotatable bonds is 2. The Bertz CT molecular complexity index is 411. The first-order valence-corrected chi connectivity index (χ1v) is 5.64. The molecule has 0 N–H and O–H groups in total. The van der Waals surface area contributed by atoms with Gasteiger partial charge in [0.2, 0.25) is 0 Å². The van der Waals surface area contributed by atoms with E-state index in [1.165, 1.54) is 18.1 Å². The number of thioether (sulfide) groups is 1. The normalized spacial score (nSPS) is 9.20. The first-order valence-electron chi connectivity index (χ1n) is 4.28. The van der Waals surface area contributed by atoms with Gasteiger partial charge in [0.15, 0.2) is 5.12 Å². The summed E-state index contributed by atoms with van der Waals surface area (Å²) in [6, 6.07) is 0. The second-order valence-electron chi connectivity index (χ2n) is 2.62. The average molecular weight is 241 g/mol. The lowest BCUT2D eigenvalue weighted by molar-refractivity contribution is -0.109. The zero-order valence-electron chi connectivity index (χ0n) is 8.16. The Kier molecular flexibility index (Phi) is 5.16. The van der Waals surface area contributed by atoms with E-state index < -0.39 is 0 Å². The molecule has 78 valence electrons. The Labute approximate surface area is 97.6 Å². The van der Waals surface area contributed by atoms with Gasteiger partial charge < -0.3 is 0 Å². The lowest BCUT2D eigenvalue weighted by Crippen LogP contribution is -1.86. The van der Waals surface area contributed by atoms with E-state index in [-0.39, 0.29) is 5.12 Å². The Balaban J connectivity index is 2.45. The highest BCUT2D eigenvalue weighted by atomic mass is 35.5. The smallest absolute Gasteiger partial charge is 0.185 e. The van der Waals surface area contributed by atoms with Crippen LogP contribution in [0.3, 0.4) is 0 Å². The van der Waals surface area contributed by atoms with Crippen molar-refractivity contribution in [3.8, 4) is 11.8 Å². The van der Waals surface area contributed by atoms with Crippen molar-refractivity contribution in [3.05, 3.63) is 23.2 Å². The van der Waals surface area contributed by atoms with Gasteiger partial charge in [-0.15, -0.1) is 0 Å². The zero-order valence-corrected chi connectivity index (χ0v) is 9.73. The van der Waals surface area contributed by atoms with E-state index in [9.17, 15) is 4.79 Å². The van der Waals surface area contributed by atoms with Crippen LogP contribution < -0.4 is 0 Å². The van der Waals surface area contributed by atoms with Gasteiger partial charge >= 0.3 is 0 Å². The van der Waals surface area contributed by atoms with Crippen molar-refractivity contribution >= 4 is 28.5 Å². The summed E-state index contributed by atoms with van der Waals surface area (Å²) in [6.45, 7) is 1.54. The van der Waals surface area contributed by atoms with Gasteiger partial charge in [-0.05, 0) is 0 Å². The average Bonchev–Trinajstić information content (AvgIpc) is 2.20. The van der Waals surface area contributed by atoms with Crippen LogP contribution in [0.5, 0.6) is 0 Å². The van der Waals surface area contributed by atoms with Gasteiger partial charge in [0, 0.05) is 25.3 Å². The number of hydrogen-bond acceptors (Lipinski definition) is 4. The van der Waals surface area contributed by atoms with Gasteiger partial charge in [-0.1, -0.05) is 35.2 Å². The molecule has 0 aliphatic heterocycles. The van der Waals surface area contributed by atoms with Crippen molar-refractivity contribution in [1.29, 1.82) is 0 Å². The minimum Gasteiger partial charge on any atom is -0.288 e. The van der Waals surface area contributed by atoms with Gasteiger partial charge in [0.25, 0.3) is 0 Å². The van der Waals surface area contributed by atoms with Crippen LogP contribution in [0.15, 0.2) is 12.5 Å². The van der Waals surface area contributed by atoms with Gasteiger partial charge in [-0.25, -0.2) is 9.97 Å². The summed E-state index contributed by atoms with van der Waals surface area (Å²) in [6.07, 6.45) is 3.59. The third-order valence-electron chi connectivity index (χ3n) is 1.42. The molecule has 0 saturated carbocycles. The van der Waals surface area contributed by atoms with Crippen molar-refractivity contribution in [3.63, 3.8) is 0 Å². The van der Waals surface area contributed by atoms with Gasteiger partial charge in [-0.2, -0.15) is 0 Å². The zero-order chi connectivity index (χ0) is 11.1. The lowest BCUT2D eigenvalue weighted by Gasteiger charge is -1.91. The number of hydrogen-bond donors (Lipinski definition) is 0. The fourth-order valence-electron chi connectivity index (χ4n) is 0.802. The van der Waals surface area contributed by atoms with Crippen LogP contribution in [0.1, 0.15) is 18.9 Å². The van der Waals surface area contributed by atoms with Crippen LogP contribution in [0.2, 0.25) is 5.15 Å². The number of nitrogens with zero attached hydrogens (tertiary/aromatic N) is 2. The maximum atomic E-state index is 10.6. The van der Waals surface area contributed by atoms with Crippen LogP contribution in [-0.4, -0.2) is 20.8 Å². The fourth-order valence-corrected chi connectivity index (χ4v) is 1.43. The van der Waals surface area contributed by atoms with E-state index in [2.05, 4.69) is 21.8 Å². The Morgan fingerprint density at radius 2 is 2.47 bits per heavy atom. The summed E-state index contributed by atoms with van der Waals surface area (Å²) >= 11 is 7.04. The standard InChI is InChI=1S/C10H9ClN2OS/c1-8(14)15-5-3-2-4-9-6-12-7-13-10(9)11/h6-7H,3,5H2,1H3. The quantitative estimate of drug-likeness (QED) is 0.451. The molecule has 1 aromatic heterocycles. The molecule has 5 heteroatoms. The van der Waals surface area contributed by atoms with Crippen molar-refractivity contribution < 1.29 is 4.79 Å². The molecule has 0 amide bonds. The maximum absolute atomic E-state index is 10.6. The summed E-state index contributed by atoms with van der Waals surface area (Å²) in [5.74, 6) is 6.47. The molecule has 1 aromatic rings. The molecule has 0 unspecified atom stereocenters. The number of carbonyl (C=O) groups is 1. The van der Waals surface area contributed by atoms with Gasteiger partial charge in [0.1, 0.15) is 11.5 Å². The molecule has 0 fully saturated rings. The molecular formula is C10H9ClN2OS. The maximum Gasteiger partial charge on any atom is 0.185 e. The SMILES string of the molecule is CC(=O)SCCC#Cc1cncnc1Cl. The van der Waals surface area contributed by atoms with E-state index in [1.54, 1.807) is 13.1 Å². The fraction of sp³-hybridized carbons (Fsp3) is 0.300. The highest BCUT2D eigenvalue weighted by molar-refractivity contribution is 8.13. The summed E-state index contributed by atoms with van der Waals surface area (Å²) in [7, 11) is 0. The molecule has 1 heterocycles. The molecule has 0 aliphatic carbocycles. The predicted molar refractivity (Wildman–Crippen MR) is 61.7 cm³/mol. The first-order chi connectivity index (χ1) is 7.20.